The van der Waals surface area contributed by atoms with E-state index >= 15 is 8.78 Å². The largest absolute Gasteiger partial charge is 0.493 e. The summed E-state index contributed by atoms with van der Waals surface area (Å²) in [5, 5.41) is 3.88. The molecule has 2 N–H and O–H groups in total. The molecule has 2 saturated heterocycles. The number of ether oxygens (including phenoxy) is 2. The van der Waals surface area contributed by atoms with Crippen LogP contribution in [0.4, 0.5) is 14.7 Å². The lowest BCUT2D eigenvalue weighted by Crippen LogP contribution is -2.54. The van der Waals surface area contributed by atoms with Crippen molar-refractivity contribution < 1.29 is 18.3 Å². The van der Waals surface area contributed by atoms with E-state index in [0.717, 1.165) is 53.1 Å². The van der Waals surface area contributed by atoms with Gasteiger partial charge in [0.2, 0.25) is 5.95 Å². The summed E-state index contributed by atoms with van der Waals surface area (Å²) < 4.78 is 44.0. The molecule has 0 radical (unpaired) electrons. The highest BCUT2D eigenvalue weighted by Gasteiger charge is 2.40. The second-order valence-electron chi connectivity index (χ2n) is 16.2. The Labute approximate surface area is 394 Å². The van der Waals surface area contributed by atoms with Crippen LogP contribution in [-0.2, 0) is 6.54 Å². The van der Waals surface area contributed by atoms with Gasteiger partial charge < -0.3 is 9.47 Å². The van der Waals surface area contributed by atoms with Crippen molar-refractivity contribution in [3.63, 3.8) is 0 Å². The van der Waals surface area contributed by atoms with Gasteiger partial charge in [0.1, 0.15) is 29.0 Å². The first-order valence-corrected chi connectivity index (χ1v) is 23.5. The monoisotopic (exact) mass is 1010 g/mol. The van der Waals surface area contributed by atoms with Gasteiger partial charge in [-0.15, -0.1) is 0 Å². The molecule has 2 unspecified atom stereocenters. The van der Waals surface area contributed by atoms with Crippen molar-refractivity contribution in [2.75, 3.05) is 37.9 Å². The molecule has 0 aliphatic carbocycles. The summed E-state index contributed by atoms with van der Waals surface area (Å²) in [6.45, 7) is 8.35. The Morgan fingerprint density at radius 1 is 0.719 bits per heavy atom. The van der Waals surface area contributed by atoms with Crippen molar-refractivity contribution in [2.24, 2.45) is 5.84 Å². The quantitative estimate of drug-likeness (QED) is 0.0722. The van der Waals surface area contributed by atoms with Crippen LogP contribution < -0.4 is 20.3 Å². The molecule has 10 nitrogen and oxygen atoms in total. The fourth-order valence-electron chi connectivity index (χ4n) is 9.17. The summed E-state index contributed by atoms with van der Waals surface area (Å²) in [7, 11) is 0. The third-order valence-corrected chi connectivity index (χ3v) is 13.7. The van der Waals surface area contributed by atoms with Gasteiger partial charge in [0, 0.05) is 51.1 Å². The molecule has 64 heavy (non-hydrogen) atoms. The molecule has 0 spiro atoms. The molecule has 2 fully saturated rings. The van der Waals surface area contributed by atoms with Gasteiger partial charge in [-0.3, -0.25) is 14.8 Å². The maximum absolute atomic E-state index is 15.7. The molecule has 0 saturated carbocycles. The van der Waals surface area contributed by atoms with Crippen LogP contribution in [0.2, 0.25) is 10.0 Å². The number of aromatic nitrogens is 4. The number of benzene rings is 5. The SMILES string of the molecule is CCOc1cc(CN2CCC(N3CCC(N(N)c4nc(-c5ccccc5F)c5cc(Cl)ccc5n4)CC3c3nc(-c4ccccc4F)c4cc(Cl)ccc4n3)CC2)cc(OCC)c1I. The topological polar surface area (TPSA) is 106 Å². The summed E-state index contributed by atoms with van der Waals surface area (Å²) in [6.07, 6.45) is 3.05. The summed E-state index contributed by atoms with van der Waals surface area (Å²) in [4.78, 5) is 25.2. The normalized spacial score (nSPS) is 17.6. The Balaban J connectivity index is 1.06. The van der Waals surface area contributed by atoms with Gasteiger partial charge in [0.25, 0.3) is 0 Å². The van der Waals surface area contributed by atoms with E-state index in [2.05, 4.69) is 44.5 Å². The van der Waals surface area contributed by atoms with Crippen molar-refractivity contribution in [3.8, 4) is 34.0 Å². The van der Waals surface area contributed by atoms with Gasteiger partial charge in [-0.1, -0.05) is 47.5 Å². The highest BCUT2D eigenvalue weighted by Crippen LogP contribution is 2.40. The molecule has 0 bridgehead atoms. The standard InChI is InChI=1S/C49H47Cl2F2IN8O2/c1-3-63-43-23-29(24-44(45(43)54)64-4-2)28-60-20-17-32(18-21-60)61-22-19-33(62(55)49-57-41-16-14-31(51)26-37(41)47(59-49)35-10-6-8-12-39(35)53)27-42(61)48-56-40-15-13-30(50)25-36(40)46(58-48)34-9-5-7-11-38(34)52/h5-16,23-26,32-33,42H,3-4,17-22,27-28,55H2,1-2H3. The van der Waals surface area contributed by atoms with Gasteiger partial charge in [-0.25, -0.2) is 34.6 Å². The number of nitrogens with zero attached hydrogens (tertiary/aromatic N) is 7. The molecule has 4 heterocycles. The fourth-order valence-corrected chi connectivity index (χ4v) is 10.1. The number of piperidine rings is 2. The summed E-state index contributed by atoms with van der Waals surface area (Å²) in [6, 6.07) is 27.8. The van der Waals surface area contributed by atoms with E-state index in [4.69, 9.17) is 58.5 Å². The van der Waals surface area contributed by atoms with Crippen LogP contribution in [0.25, 0.3) is 44.3 Å². The Morgan fingerprint density at radius 3 is 1.86 bits per heavy atom. The lowest BCUT2D eigenvalue weighted by molar-refractivity contribution is 0.0377. The average Bonchev–Trinajstić information content (AvgIpc) is 3.30. The van der Waals surface area contributed by atoms with E-state index in [1.807, 2.05) is 19.9 Å². The minimum atomic E-state index is -0.416. The molecular formula is C49H47Cl2F2IN8O2. The molecule has 330 valence electrons. The van der Waals surface area contributed by atoms with Crippen LogP contribution >= 0.6 is 45.8 Å². The van der Waals surface area contributed by atoms with Crippen LogP contribution in [0, 0.1) is 15.2 Å². The minimum absolute atomic E-state index is 0.207. The van der Waals surface area contributed by atoms with Gasteiger partial charge >= 0.3 is 0 Å². The summed E-state index contributed by atoms with van der Waals surface area (Å²) in [5.41, 5.74) is 3.96. The highest BCUT2D eigenvalue weighted by molar-refractivity contribution is 14.1. The van der Waals surface area contributed by atoms with Gasteiger partial charge in [0.05, 0.1) is 51.3 Å². The second-order valence-corrected chi connectivity index (χ2v) is 18.2. The van der Waals surface area contributed by atoms with Crippen molar-refractivity contribution in [1.29, 1.82) is 0 Å². The molecule has 2 atom stereocenters. The first-order valence-electron chi connectivity index (χ1n) is 21.6. The number of fused-ring (bicyclic) bond motifs is 2. The van der Waals surface area contributed by atoms with Crippen molar-refractivity contribution >= 4 is 73.5 Å². The summed E-state index contributed by atoms with van der Waals surface area (Å²) in [5.74, 6) is 8.80. The predicted octanol–water partition coefficient (Wildman–Crippen LogP) is 11.4. The van der Waals surface area contributed by atoms with Crippen molar-refractivity contribution in [1.82, 2.24) is 29.7 Å². The highest BCUT2D eigenvalue weighted by atomic mass is 127. The van der Waals surface area contributed by atoms with Crippen LogP contribution in [0.5, 0.6) is 11.5 Å². The lowest BCUT2D eigenvalue weighted by atomic mass is 9.91. The zero-order valence-electron chi connectivity index (χ0n) is 35.5. The van der Waals surface area contributed by atoms with E-state index < -0.39 is 5.82 Å². The molecule has 5 aromatic carbocycles. The van der Waals surface area contributed by atoms with Crippen LogP contribution in [-0.4, -0.2) is 74.7 Å². The molecule has 7 aromatic rings. The summed E-state index contributed by atoms with van der Waals surface area (Å²) >= 11 is 15.3. The Bertz CT molecular complexity index is 2800. The number of anilines is 1. The number of halogens is 5. The number of rotatable bonds is 12. The maximum Gasteiger partial charge on any atom is 0.241 e. The van der Waals surface area contributed by atoms with Crippen molar-refractivity contribution in [2.45, 2.75) is 64.2 Å². The number of hydrazine groups is 1. The maximum atomic E-state index is 15.7. The fraction of sp³-hybridized carbons (Fsp3) is 0.306. The van der Waals surface area contributed by atoms with E-state index in [1.165, 1.54) is 12.1 Å². The van der Waals surface area contributed by atoms with Crippen LogP contribution in [0.15, 0.2) is 97.1 Å². The van der Waals surface area contributed by atoms with E-state index in [1.54, 1.807) is 71.7 Å². The lowest BCUT2D eigenvalue weighted by Gasteiger charge is -2.47. The van der Waals surface area contributed by atoms with E-state index in [-0.39, 0.29) is 29.9 Å². The Hall–Kier alpha value is -4.77. The second kappa shape index (κ2) is 19.4. The number of nitrogens with two attached hydrogens (primary N) is 1. The Morgan fingerprint density at radius 2 is 1.28 bits per heavy atom. The first-order chi connectivity index (χ1) is 31.1. The van der Waals surface area contributed by atoms with Gasteiger partial charge in [-0.2, -0.15) is 0 Å². The molecule has 2 aliphatic heterocycles. The third-order valence-electron chi connectivity index (χ3n) is 12.2. The zero-order valence-corrected chi connectivity index (χ0v) is 39.1. The van der Waals surface area contributed by atoms with Crippen molar-refractivity contribution in [3.05, 3.63) is 134 Å². The number of likely N-dealkylation sites (tertiary alicyclic amines) is 2. The van der Waals surface area contributed by atoms with Gasteiger partial charge in [0.15, 0.2) is 0 Å². The molecule has 2 aliphatic rings. The number of hydrogen-bond acceptors (Lipinski definition) is 10. The molecule has 2 aromatic heterocycles. The van der Waals surface area contributed by atoms with Gasteiger partial charge in [-0.05, 0) is 154 Å². The number of hydrogen-bond donors (Lipinski definition) is 1. The average molecular weight is 1020 g/mol. The molecular weight excluding hydrogens is 968 g/mol. The smallest absolute Gasteiger partial charge is 0.241 e. The minimum Gasteiger partial charge on any atom is -0.493 e. The first kappa shape index (κ1) is 44.4. The van der Waals surface area contributed by atoms with E-state index in [9.17, 15) is 0 Å². The molecule has 15 heteroatoms. The molecule has 9 rings (SSSR count). The third kappa shape index (κ3) is 9.20. The zero-order chi connectivity index (χ0) is 44.5. The Kier molecular flexibility index (Phi) is 13.4. The van der Waals surface area contributed by atoms with Crippen LogP contribution in [0.1, 0.15) is 57.0 Å². The van der Waals surface area contributed by atoms with Crippen LogP contribution in [0.3, 0.4) is 0 Å². The van der Waals surface area contributed by atoms with E-state index in [0.29, 0.717) is 92.8 Å². The molecule has 0 amide bonds. The predicted molar refractivity (Wildman–Crippen MR) is 259 cm³/mol.